The van der Waals surface area contributed by atoms with Crippen molar-refractivity contribution in [2.24, 2.45) is 0 Å². The molecular formula is C21H18ClFINO2. The predicted molar refractivity (Wildman–Crippen MR) is 115 cm³/mol. The summed E-state index contributed by atoms with van der Waals surface area (Å²) in [5.41, 5.74) is 2.80. The fraction of sp³-hybridized carbons (Fsp3) is 0.143. The van der Waals surface area contributed by atoms with Gasteiger partial charge in [0.2, 0.25) is 0 Å². The lowest BCUT2D eigenvalue weighted by Crippen LogP contribution is -2.04. The lowest BCUT2D eigenvalue weighted by atomic mass is 10.2. The Bertz CT molecular complexity index is 919. The van der Waals surface area contributed by atoms with Crippen molar-refractivity contribution in [1.29, 1.82) is 0 Å². The van der Waals surface area contributed by atoms with Crippen LogP contribution in [-0.2, 0) is 13.2 Å². The molecule has 140 valence electrons. The van der Waals surface area contributed by atoms with Gasteiger partial charge < -0.3 is 14.8 Å². The highest BCUT2D eigenvalue weighted by Gasteiger charge is 2.13. The summed E-state index contributed by atoms with van der Waals surface area (Å²) in [5.74, 6) is 1.09. The third-order valence-electron chi connectivity index (χ3n) is 3.96. The van der Waals surface area contributed by atoms with Gasteiger partial charge in [-0.25, -0.2) is 4.39 Å². The first-order valence-corrected chi connectivity index (χ1v) is 9.74. The molecule has 3 nitrogen and oxygen atoms in total. The summed E-state index contributed by atoms with van der Waals surface area (Å²) >= 11 is 8.42. The van der Waals surface area contributed by atoms with Crippen LogP contribution in [0.1, 0.15) is 11.1 Å². The lowest BCUT2D eigenvalue weighted by molar-refractivity contribution is 0.282. The maximum absolute atomic E-state index is 13.0. The average molecular weight is 498 g/mol. The van der Waals surface area contributed by atoms with Gasteiger partial charge in [0.1, 0.15) is 12.4 Å². The minimum atomic E-state index is -0.253. The Hall–Kier alpha value is -1.99. The zero-order chi connectivity index (χ0) is 19.2. The summed E-state index contributed by atoms with van der Waals surface area (Å²) in [6, 6.07) is 17.8. The number of benzene rings is 3. The average Bonchev–Trinajstić information content (AvgIpc) is 2.67. The van der Waals surface area contributed by atoms with Gasteiger partial charge in [-0.05, 0) is 70.6 Å². The molecule has 0 bridgehead atoms. The van der Waals surface area contributed by atoms with Crippen LogP contribution in [0.15, 0.2) is 60.7 Å². The number of ether oxygens (including phenoxy) is 2. The summed E-state index contributed by atoms with van der Waals surface area (Å²) in [6.45, 7) is 0.946. The summed E-state index contributed by atoms with van der Waals surface area (Å²) in [4.78, 5) is 0. The maximum atomic E-state index is 13.0. The smallest absolute Gasteiger partial charge is 0.174 e. The minimum absolute atomic E-state index is 0.253. The molecule has 6 heteroatoms. The highest BCUT2D eigenvalue weighted by Crippen LogP contribution is 2.35. The van der Waals surface area contributed by atoms with Gasteiger partial charge in [0.05, 0.1) is 10.7 Å². The maximum Gasteiger partial charge on any atom is 0.174 e. The van der Waals surface area contributed by atoms with E-state index in [0.29, 0.717) is 29.7 Å². The summed E-state index contributed by atoms with van der Waals surface area (Å²) in [7, 11) is 1.62. The minimum Gasteiger partial charge on any atom is -0.493 e. The molecule has 0 saturated carbocycles. The van der Waals surface area contributed by atoms with E-state index >= 15 is 0 Å². The van der Waals surface area contributed by atoms with Gasteiger partial charge >= 0.3 is 0 Å². The molecule has 0 aliphatic carbocycles. The second-order valence-electron chi connectivity index (χ2n) is 5.85. The third kappa shape index (κ3) is 5.26. The molecule has 0 aliphatic rings. The van der Waals surface area contributed by atoms with Gasteiger partial charge in [0.15, 0.2) is 11.5 Å². The standard InChI is InChI=1S/C21H18ClFINO2/c1-26-20-11-14(12-25-17-8-6-16(23)7-9-17)10-19(24)21(20)27-13-15-4-2-3-5-18(15)22/h2-11,25H,12-13H2,1H3. The van der Waals surface area contributed by atoms with E-state index in [2.05, 4.69) is 27.9 Å². The second kappa shape index (κ2) is 9.28. The molecule has 27 heavy (non-hydrogen) atoms. The zero-order valence-electron chi connectivity index (χ0n) is 14.6. The van der Waals surface area contributed by atoms with Crippen LogP contribution in [0.5, 0.6) is 11.5 Å². The quantitative estimate of drug-likeness (QED) is 0.390. The highest BCUT2D eigenvalue weighted by molar-refractivity contribution is 14.1. The Balaban J connectivity index is 1.72. The van der Waals surface area contributed by atoms with Crippen LogP contribution in [0.25, 0.3) is 0 Å². The van der Waals surface area contributed by atoms with Crippen LogP contribution in [0, 0.1) is 9.39 Å². The Morgan fingerprint density at radius 3 is 2.52 bits per heavy atom. The molecule has 0 heterocycles. The Morgan fingerprint density at radius 2 is 1.81 bits per heavy atom. The van der Waals surface area contributed by atoms with Crippen molar-refractivity contribution in [3.05, 3.63) is 86.2 Å². The van der Waals surface area contributed by atoms with Crippen molar-refractivity contribution in [1.82, 2.24) is 0 Å². The molecule has 0 amide bonds. The first-order chi connectivity index (χ1) is 13.1. The van der Waals surface area contributed by atoms with E-state index in [1.54, 1.807) is 19.2 Å². The number of methoxy groups -OCH3 is 1. The molecule has 0 aliphatic heterocycles. The Morgan fingerprint density at radius 1 is 1.07 bits per heavy atom. The molecule has 0 unspecified atom stereocenters. The zero-order valence-corrected chi connectivity index (χ0v) is 17.6. The molecule has 3 aromatic carbocycles. The number of anilines is 1. The lowest BCUT2D eigenvalue weighted by Gasteiger charge is -2.15. The van der Waals surface area contributed by atoms with Crippen molar-refractivity contribution in [3.8, 4) is 11.5 Å². The van der Waals surface area contributed by atoms with Crippen molar-refractivity contribution < 1.29 is 13.9 Å². The topological polar surface area (TPSA) is 30.5 Å². The summed E-state index contributed by atoms with van der Waals surface area (Å²) in [6.07, 6.45) is 0. The molecule has 0 atom stereocenters. The van der Waals surface area contributed by atoms with Crippen LogP contribution in [0.2, 0.25) is 5.02 Å². The van der Waals surface area contributed by atoms with Crippen LogP contribution < -0.4 is 14.8 Å². The molecule has 3 aromatic rings. The molecular weight excluding hydrogens is 480 g/mol. The number of halogens is 3. The third-order valence-corrected chi connectivity index (χ3v) is 5.13. The van der Waals surface area contributed by atoms with E-state index in [4.69, 9.17) is 21.1 Å². The molecule has 1 N–H and O–H groups in total. The number of hydrogen-bond acceptors (Lipinski definition) is 3. The van der Waals surface area contributed by atoms with Gasteiger partial charge in [-0.3, -0.25) is 0 Å². The summed E-state index contributed by atoms with van der Waals surface area (Å²) < 4.78 is 25.4. The predicted octanol–water partition coefficient (Wildman–Crippen LogP) is 6.28. The molecule has 0 saturated heterocycles. The van der Waals surface area contributed by atoms with E-state index in [9.17, 15) is 4.39 Å². The SMILES string of the molecule is COc1cc(CNc2ccc(F)cc2)cc(I)c1OCc1ccccc1Cl. The number of hydrogen-bond donors (Lipinski definition) is 1. The van der Waals surface area contributed by atoms with Crippen molar-refractivity contribution >= 4 is 39.9 Å². The Kier molecular flexibility index (Phi) is 6.79. The van der Waals surface area contributed by atoms with Gasteiger partial charge in [-0.15, -0.1) is 0 Å². The molecule has 0 radical (unpaired) electrons. The fourth-order valence-corrected chi connectivity index (χ4v) is 3.56. The summed E-state index contributed by atoms with van der Waals surface area (Å²) in [5, 5.41) is 3.94. The first kappa shape index (κ1) is 19.8. The monoisotopic (exact) mass is 497 g/mol. The second-order valence-corrected chi connectivity index (χ2v) is 7.42. The highest BCUT2D eigenvalue weighted by atomic mass is 127. The van der Waals surface area contributed by atoms with E-state index in [1.807, 2.05) is 36.4 Å². The number of rotatable bonds is 7. The molecule has 3 rings (SSSR count). The normalized spacial score (nSPS) is 10.5. The number of nitrogens with one attached hydrogen (secondary N) is 1. The van der Waals surface area contributed by atoms with Crippen LogP contribution >= 0.6 is 34.2 Å². The van der Waals surface area contributed by atoms with E-state index in [-0.39, 0.29) is 5.82 Å². The van der Waals surface area contributed by atoms with Gasteiger partial charge in [-0.1, -0.05) is 29.8 Å². The molecule has 0 aromatic heterocycles. The van der Waals surface area contributed by atoms with Gasteiger partial charge in [-0.2, -0.15) is 0 Å². The largest absolute Gasteiger partial charge is 0.493 e. The van der Waals surface area contributed by atoms with E-state index < -0.39 is 0 Å². The Labute approximate surface area is 176 Å². The van der Waals surface area contributed by atoms with Crippen molar-refractivity contribution in [2.45, 2.75) is 13.2 Å². The fourth-order valence-electron chi connectivity index (χ4n) is 2.55. The first-order valence-electron chi connectivity index (χ1n) is 8.29. The van der Waals surface area contributed by atoms with Crippen LogP contribution in [0.3, 0.4) is 0 Å². The van der Waals surface area contributed by atoms with Crippen molar-refractivity contribution in [2.75, 3.05) is 12.4 Å². The molecule has 0 fully saturated rings. The molecule has 0 spiro atoms. The van der Waals surface area contributed by atoms with Gasteiger partial charge in [0, 0.05) is 22.8 Å². The van der Waals surface area contributed by atoms with Crippen LogP contribution in [-0.4, -0.2) is 7.11 Å². The van der Waals surface area contributed by atoms with Crippen molar-refractivity contribution in [3.63, 3.8) is 0 Å². The van der Waals surface area contributed by atoms with E-state index in [1.165, 1.54) is 12.1 Å². The van der Waals surface area contributed by atoms with Crippen LogP contribution in [0.4, 0.5) is 10.1 Å². The van der Waals surface area contributed by atoms with E-state index in [0.717, 1.165) is 20.4 Å². The van der Waals surface area contributed by atoms with Gasteiger partial charge in [0.25, 0.3) is 0 Å².